The molecule has 16 heavy (non-hydrogen) atoms. The van der Waals surface area contributed by atoms with Crippen LogP contribution in [0.25, 0.3) is 0 Å². The molecule has 1 unspecified atom stereocenters. The molecule has 1 heterocycles. The van der Waals surface area contributed by atoms with E-state index in [9.17, 15) is 0 Å². The highest BCUT2D eigenvalue weighted by Gasteiger charge is 2.23. The molecule has 3 heteroatoms. The van der Waals surface area contributed by atoms with Crippen molar-refractivity contribution in [2.75, 3.05) is 13.1 Å². The highest BCUT2D eigenvalue weighted by molar-refractivity contribution is 5.82. The fourth-order valence-electron chi connectivity index (χ4n) is 2.35. The SMILES string of the molecule is CC1CCCCN1CCCC(C)(C)C(=N)N. The van der Waals surface area contributed by atoms with Gasteiger partial charge in [0.2, 0.25) is 0 Å². The molecule has 94 valence electrons. The van der Waals surface area contributed by atoms with Gasteiger partial charge in [-0.1, -0.05) is 20.3 Å². The third-order valence-corrected chi connectivity index (χ3v) is 3.92. The molecule has 0 aromatic heterocycles. The predicted octanol–water partition coefficient (Wildman–Crippen LogP) is 2.60. The molecular weight excluding hydrogens is 198 g/mol. The lowest BCUT2D eigenvalue weighted by atomic mass is 9.86. The summed E-state index contributed by atoms with van der Waals surface area (Å²) in [6.45, 7) is 8.87. The molecule has 1 rings (SSSR count). The van der Waals surface area contributed by atoms with Gasteiger partial charge < -0.3 is 10.6 Å². The van der Waals surface area contributed by atoms with E-state index in [0.29, 0.717) is 5.84 Å². The first-order valence-corrected chi connectivity index (χ1v) is 6.52. The largest absolute Gasteiger partial charge is 0.387 e. The van der Waals surface area contributed by atoms with Gasteiger partial charge in [0, 0.05) is 11.5 Å². The minimum absolute atomic E-state index is 0.126. The quantitative estimate of drug-likeness (QED) is 0.558. The van der Waals surface area contributed by atoms with Crippen LogP contribution in [0.5, 0.6) is 0 Å². The van der Waals surface area contributed by atoms with Crippen LogP contribution in [0.3, 0.4) is 0 Å². The summed E-state index contributed by atoms with van der Waals surface area (Å²) < 4.78 is 0. The Balaban J connectivity index is 2.26. The lowest BCUT2D eigenvalue weighted by Gasteiger charge is -2.34. The van der Waals surface area contributed by atoms with Crippen LogP contribution >= 0.6 is 0 Å². The van der Waals surface area contributed by atoms with Crippen molar-refractivity contribution in [2.24, 2.45) is 11.1 Å². The molecule has 3 nitrogen and oxygen atoms in total. The van der Waals surface area contributed by atoms with E-state index in [-0.39, 0.29) is 5.41 Å². The number of rotatable bonds is 5. The van der Waals surface area contributed by atoms with E-state index in [2.05, 4.69) is 25.7 Å². The Morgan fingerprint density at radius 1 is 1.44 bits per heavy atom. The first kappa shape index (κ1) is 13.5. The van der Waals surface area contributed by atoms with E-state index < -0.39 is 0 Å². The molecular formula is C13H27N3. The number of hydrogen-bond acceptors (Lipinski definition) is 2. The van der Waals surface area contributed by atoms with Crippen molar-refractivity contribution >= 4 is 5.84 Å². The summed E-state index contributed by atoms with van der Waals surface area (Å²) in [5.41, 5.74) is 5.46. The zero-order valence-corrected chi connectivity index (χ0v) is 11.1. The molecule has 3 N–H and O–H groups in total. The molecule has 1 saturated heterocycles. The standard InChI is InChI=1S/C13H27N3/c1-11-7-4-5-9-16(11)10-6-8-13(2,3)12(14)15/h11H,4-10H2,1-3H3,(H3,14,15). The van der Waals surface area contributed by atoms with Gasteiger partial charge in [0.1, 0.15) is 0 Å². The lowest BCUT2D eigenvalue weighted by molar-refractivity contribution is 0.154. The smallest absolute Gasteiger partial charge is 0.0963 e. The molecule has 0 radical (unpaired) electrons. The summed E-state index contributed by atoms with van der Waals surface area (Å²) in [4.78, 5) is 2.58. The van der Waals surface area contributed by atoms with Crippen molar-refractivity contribution in [3.8, 4) is 0 Å². The number of likely N-dealkylation sites (tertiary alicyclic amines) is 1. The van der Waals surface area contributed by atoms with Crippen molar-refractivity contribution in [2.45, 2.75) is 58.9 Å². The Kier molecular flexibility index (Phi) is 4.78. The van der Waals surface area contributed by atoms with Crippen LogP contribution in [0.15, 0.2) is 0 Å². The van der Waals surface area contributed by atoms with Crippen molar-refractivity contribution in [3.63, 3.8) is 0 Å². The van der Waals surface area contributed by atoms with Gasteiger partial charge in [0.25, 0.3) is 0 Å². The van der Waals surface area contributed by atoms with E-state index in [1.165, 1.54) is 25.8 Å². The normalized spacial score (nSPS) is 23.3. The van der Waals surface area contributed by atoms with Crippen LogP contribution in [-0.4, -0.2) is 29.9 Å². The molecule has 0 aromatic carbocycles. The van der Waals surface area contributed by atoms with Crippen molar-refractivity contribution < 1.29 is 0 Å². The van der Waals surface area contributed by atoms with Gasteiger partial charge in [-0.05, 0) is 45.7 Å². The Labute approximate surface area is 99.9 Å². The third-order valence-electron chi connectivity index (χ3n) is 3.92. The maximum absolute atomic E-state index is 7.52. The zero-order valence-electron chi connectivity index (χ0n) is 11.1. The second-order valence-electron chi connectivity index (χ2n) is 5.78. The van der Waals surface area contributed by atoms with Crippen molar-refractivity contribution in [3.05, 3.63) is 0 Å². The fourth-order valence-corrected chi connectivity index (χ4v) is 2.35. The monoisotopic (exact) mass is 225 g/mol. The molecule has 0 spiro atoms. The topological polar surface area (TPSA) is 53.1 Å². The first-order chi connectivity index (χ1) is 7.43. The minimum atomic E-state index is -0.126. The van der Waals surface area contributed by atoms with Crippen molar-refractivity contribution in [1.82, 2.24) is 4.90 Å². The maximum atomic E-state index is 7.52. The summed E-state index contributed by atoms with van der Waals surface area (Å²) in [5.74, 6) is 0.319. The van der Waals surface area contributed by atoms with Gasteiger partial charge in [0.15, 0.2) is 0 Å². The second kappa shape index (κ2) is 5.67. The molecule has 1 fully saturated rings. The Bertz CT molecular complexity index is 235. The van der Waals surface area contributed by atoms with Gasteiger partial charge in [-0.2, -0.15) is 0 Å². The third kappa shape index (κ3) is 3.78. The van der Waals surface area contributed by atoms with Gasteiger partial charge in [0.05, 0.1) is 5.84 Å². The molecule has 0 aliphatic carbocycles. The van der Waals surface area contributed by atoms with Crippen LogP contribution in [0.1, 0.15) is 52.9 Å². The molecule has 1 atom stereocenters. The molecule has 0 aromatic rings. The molecule has 1 aliphatic rings. The van der Waals surface area contributed by atoms with Crippen LogP contribution < -0.4 is 5.73 Å². The molecule has 0 bridgehead atoms. The summed E-state index contributed by atoms with van der Waals surface area (Å²) in [7, 11) is 0. The number of nitrogens with two attached hydrogens (primary N) is 1. The lowest BCUT2D eigenvalue weighted by Crippen LogP contribution is -2.39. The number of nitrogens with zero attached hydrogens (tertiary/aromatic N) is 1. The number of nitrogens with one attached hydrogen (secondary N) is 1. The van der Waals surface area contributed by atoms with Crippen LogP contribution in [0, 0.1) is 10.8 Å². The maximum Gasteiger partial charge on any atom is 0.0963 e. The van der Waals surface area contributed by atoms with Gasteiger partial charge in [-0.15, -0.1) is 0 Å². The Hall–Kier alpha value is -0.570. The van der Waals surface area contributed by atoms with Gasteiger partial charge in [-0.3, -0.25) is 5.41 Å². The van der Waals surface area contributed by atoms with E-state index in [4.69, 9.17) is 11.1 Å². The summed E-state index contributed by atoms with van der Waals surface area (Å²) in [6, 6.07) is 0.745. The number of hydrogen-bond donors (Lipinski definition) is 2. The number of piperidine rings is 1. The summed E-state index contributed by atoms with van der Waals surface area (Å²) >= 11 is 0. The van der Waals surface area contributed by atoms with Crippen LogP contribution in [0.4, 0.5) is 0 Å². The minimum Gasteiger partial charge on any atom is -0.387 e. The van der Waals surface area contributed by atoms with Crippen LogP contribution in [0.2, 0.25) is 0 Å². The molecule has 0 amide bonds. The average Bonchev–Trinajstić information content (AvgIpc) is 2.20. The van der Waals surface area contributed by atoms with Crippen LogP contribution in [-0.2, 0) is 0 Å². The second-order valence-corrected chi connectivity index (χ2v) is 5.78. The average molecular weight is 225 g/mol. The zero-order chi connectivity index (χ0) is 12.2. The predicted molar refractivity (Wildman–Crippen MR) is 69.8 cm³/mol. The van der Waals surface area contributed by atoms with Gasteiger partial charge >= 0.3 is 0 Å². The van der Waals surface area contributed by atoms with Crippen molar-refractivity contribution in [1.29, 1.82) is 5.41 Å². The summed E-state index contributed by atoms with van der Waals surface area (Å²) in [5, 5.41) is 7.52. The Morgan fingerprint density at radius 3 is 2.69 bits per heavy atom. The Morgan fingerprint density at radius 2 is 2.12 bits per heavy atom. The van der Waals surface area contributed by atoms with E-state index in [0.717, 1.165) is 25.4 Å². The highest BCUT2D eigenvalue weighted by Crippen LogP contribution is 2.23. The van der Waals surface area contributed by atoms with E-state index >= 15 is 0 Å². The molecule has 1 aliphatic heterocycles. The molecule has 0 saturated carbocycles. The van der Waals surface area contributed by atoms with E-state index in [1.807, 2.05) is 0 Å². The summed E-state index contributed by atoms with van der Waals surface area (Å²) in [6.07, 6.45) is 6.25. The van der Waals surface area contributed by atoms with E-state index in [1.54, 1.807) is 0 Å². The van der Waals surface area contributed by atoms with Gasteiger partial charge in [-0.25, -0.2) is 0 Å². The first-order valence-electron chi connectivity index (χ1n) is 6.52. The highest BCUT2D eigenvalue weighted by atomic mass is 15.1. The fraction of sp³-hybridized carbons (Fsp3) is 0.923. The number of amidine groups is 1.